The van der Waals surface area contributed by atoms with Gasteiger partial charge in [-0.3, -0.25) is 9.59 Å². The lowest BCUT2D eigenvalue weighted by molar-refractivity contribution is -0.150. The minimum absolute atomic E-state index is 0. The summed E-state index contributed by atoms with van der Waals surface area (Å²) in [4.78, 5) is 21.3. The molecule has 1 saturated heterocycles. The number of piperidine rings is 1. The van der Waals surface area contributed by atoms with E-state index < -0.39 is 17.9 Å². The van der Waals surface area contributed by atoms with Crippen LogP contribution < -0.4 is 5.32 Å². The molecule has 0 saturated carbocycles. The molecule has 5 nitrogen and oxygen atoms in total. The van der Waals surface area contributed by atoms with E-state index in [-0.39, 0.29) is 24.7 Å². The fourth-order valence-corrected chi connectivity index (χ4v) is 1.89. The minimum atomic E-state index is -1.03. The molecule has 1 aliphatic rings. The van der Waals surface area contributed by atoms with Crippen LogP contribution in [-0.2, 0) is 9.59 Å². The fraction of sp³-hybridized carbons (Fsp3) is 0.778. The molecule has 0 aromatic carbocycles. The molecular formula is C9H16ClNO4. The third kappa shape index (κ3) is 4.48. The summed E-state index contributed by atoms with van der Waals surface area (Å²) in [5, 5.41) is 20.6. The van der Waals surface area contributed by atoms with Crippen LogP contribution in [0.4, 0.5) is 0 Å². The number of rotatable bonds is 4. The molecule has 3 N–H and O–H groups in total. The molecular weight excluding hydrogens is 222 g/mol. The van der Waals surface area contributed by atoms with E-state index in [4.69, 9.17) is 10.2 Å². The summed E-state index contributed by atoms with van der Waals surface area (Å²) in [5.41, 5.74) is 0. The Morgan fingerprint density at radius 1 is 1.27 bits per heavy atom. The first-order valence-corrected chi connectivity index (χ1v) is 4.76. The summed E-state index contributed by atoms with van der Waals surface area (Å²) in [6.45, 7) is 1.57. The number of carbonyl (C=O) groups is 2. The highest BCUT2D eigenvalue weighted by Crippen LogP contribution is 2.24. The zero-order valence-electron chi connectivity index (χ0n) is 8.31. The second-order valence-electron chi connectivity index (χ2n) is 3.63. The van der Waals surface area contributed by atoms with Crippen LogP contribution >= 0.6 is 12.4 Å². The SMILES string of the molecule is Cl.O=C(O)CC(C(=O)O)C1CCNCC1. The van der Waals surface area contributed by atoms with Gasteiger partial charge in [-0.2, -0.15) is 0 Å². The summed E-state index contributed by atoms with van der Waals surface area (Å²) < 4.78 is 0. The van der Waals surface area contributed by atoms with Gasteiger partial charge in [-0.25, -0.2) is 0 Å². The number of carboxylic acids is 2. The zero-order valence-corrected chi connectivity index (χ0v) is 9.13. The number of hydrogen-bond donors (Lipinski definition) is 3. The monoisotopic (exact) mass is 237 g/mol. The van der Waals surface area contributed by atoms with Gasteiger partial charge in [0.1, 0.15) is 0 Å². The van der Waals surface area contributed by atoms with Crippen LogP contribution in [0.5, 0.6) is 0 Å². The van der Waals surface area contributed by atoms with E-state index in [1.807, 2.05) is 0 Å². The summed E-state index contributed by atoms with van der Waals surface area (Å²) in [6, 6.07) is 0. The standard InChI is InChI=1S/C9H15NO4.ClH/c11-8(12)5-7(9(13)14)6-1-3-10-4-2-6;/h6-7,10H,1-5H2,(H,11,12)(H,13,14);1H. The van der Waals surface area contributed by atoms with Crippen molar-refractivity contribution in [1.82, 2.24) is 5.32 Å². The molecule has 15 heavy (non-hydrogen) atoms. The molecule has 6 heteroatoms. The van der Waals surface area contributed by atoms with Crippen molar-refractivity contribution in [3.8, 4) is 0 Å². The topological polar surface area (TPSA) is 86.6 Å². The molecule has 0 radical (unpaired) electrons. The van der Waals surface area contributed by atoms with Crippen molar-refractivity contribution in [2.45, 2.75) is 19.3 Å². The van der Waals surface area contributed by atoms with Gasteiger partial charge in [0.2, 0.25) is 0 Å². The van der Waals surface area contributed by atoms with E-state index >= 15 is 0 Å². The van der Waals surface area contributed by atoms with Gasteiger partial charge in [0, 0.05) is 0 Å². The zero-order chi connectivity index (χ0) is 10.6. The molecule has 1 heterocycles. The molecule has 1 unspecified atom stereocenters. The summed E-state index contributed by atoms with van der Waals surface area (Å²) >= 11 is 0. The third-order valence-electron chi connectivity index (χ3n) is 2.66. The number of halogens is 1. The Labute approximate surface area is 94.3 Å². The number of nitrogens with one attached hydrogen (secondary N) is 1. The molecule has 0 amide bonds. The van der Waals surface area contributed by atoms with Gasteiger partial charge >= 0.3 is 11.9 Å². The Morgan fingerprint density at radius 3 is 2.20 bits per heavy atom. The molecule has 0 spiro atoms. The van der Waals surface area contributed by atoms with Crippen LogP contribution in [0.1, 0.15) is 19.3 Å². The van der Waals surface area contributed by atoms with Gasteiger partial charge in [0.25, 0.3) is 0 Å². The van der Waals surface area contributed by atoms with Gasteiger partial charge in [-0.1, -0.05) is 0 Å². The molecule has 0 aromatic heterocycles. The number of aliphatic carboxylic acids is 2. The average Bonchev–Trinajstić information content (AvgIpc) is 2.15. The quantitative estimate of drug-likeness (QED) is 0.666. The predicted molar refractivity (Wildman–Crippen MR) is 56.2 cm³/mol. The summed E-state index contributed by atoms with van der Waals surface area (Å²) in [7, 11) is 0. The van der Waals surface area contributed by atoms with Crippen LogP contribution in [0.25, 0.3) is 0 Å². The van der Waals surface area contributed by atoms with Gasteiger partial charge < -0.3 is 15.5 Å². The van der Waals surface area contributed by atoms with Crippen molar-refractivity contribution in [2.24, 2.45) is 11.8 Å². The molecule has 88 valence electrons. The van der Waals surface area contributed by atoms with Crippen LogP contribution in [0.2, 0.25) is 0 Å². The highest BCUT2D eigenvalue weighted by atomic mass is 35.5. The molecule has 1 aliphatic heterocycles. The summed E-state index contributed by atoms with van der Waals surface area (Å²) in [5.74, 6) is -2.74. The third-order valence-corrected chi connectivity index (χ3v) is 2.66. The van der Waals surface area contributed by atoms with Gasteiger partial charge in [0.05, 0.1) is 12.3 Å². The Balaban J connectivity index is 0.00000196. The van der Waals surface area contributed by atoms with Crippen molar-refractivity contribution < 1.29 is 19.8 Å². The van der Waals surface area contributed by atoms with Crippen LogP contribution in [0, 0.1) is 11.8 Å². The first kappa shape index (κ1) is 14.2. The van der Waals surface area contributed by atoms with Gasteiger partial charge in [-0.05, 0) is 31.8 Å². The highest BCUT2D eigenvalue weighted by molar-refractivity contribution is 5.85. The average molecular weight is 238 g/mol. The van der Waals surface area contributed by atoms with Crippen LogP contribution in [0.3, 0.4) is 0 Å². The Bertz CT molecular complexity index is 228. The van der Waals surface area contributed by atoms with E-state index in [1.165, 1.54) is 0 Å². The van der Waals surface area contributed by atoms with Crippen molar-refractivity contribution >= 4 is 24.3 Å². The Hall–Kier alpha value is -0.810. The maximum atomic E-state index is 10.9. The normalized spacial score (nSPS) is 18.9. The van der Waals surface area contributed by atoms with Gasteiger partial charge in [-0.15, -0.1) is 12.4 Å². The minimum Gasteiger partial charge on any atom is -0.481 e. The first-order chi connectivity index (χ1) is 6.61. The van der Waals surface area contributed by atoms with Crippen molar-refractivity contribution in [1.29, 1.82) is 0 Å². The molecule has 0 aliphatic carbocycles. The van der Waals surface area contributed by atoms with Crippen LogP contribution in [-0.4, -0.2) is 35.2 Å². The molecule has 0 bridgehead atoms. The number of hydrogen-bond acceptors (Lipinski definition) is 3. The Morgan fingerprint density at radius 2 is 1.80 bits per heavy atom. The fourth-order valence-electron chi connectivity index (χ4n) is 1.89. The number of carboxylic acid groups (broad SMARTS) is 2. The van der Waals surface area contributed by atoms with Crippen molar-refractivity contribution in [2.75, 3.05) is 13.1 Å². The molecule has 0 aromatic rings. The first-order valence-electron chi connectivity index (χ1n) is 4.76. The van der Waals surface area contributed by atoms with E-state index in [1.54, 1.807) is 0 Å². The maximum absolute atomic E-state index is 10.9. The summed E-state index contributed by atoms with van der Waals surface area (Å²) in [6.07, 6.45) is 1.24. The Kier molecular flexibility index (Phi) is 6.27. The highest BCUT2D eigenvalue weighted by Gasteiger charge is 2.30. The maximum Gasteiger partial charge on any atom is 0.307 e. The van der Waals surface area contributed by atoms with E-state index in [2.05, 4.69) is 5.32 Å². The molecule has 1 rings (SSSR count). The van der Waals surface area contributed by atoms with Crippen molar-refractivity contribution in [3.05, 3.63) is 0 Å². The second kappa shape index (κ2) is 6.63. The lowest BCUT2D eigenvalue weighted by atomic mass is 9.83. The lowest BCUT2D eigenvalue weighted by Gasteiger charge is -2.26. The van der Waals surface area contributed by atoms with Crippen molar-refractivity contribution in [3.63, 3.8) is 0 Å². The molecule has 1 atom stereocenters. The second-order valence-corrected chi connectivity index (χ2v) is 3.63. The lowest BCUT2D eigenvalue weighted by Crippen LogP contribution is -2.35. The van der Waals surface area contributed by atoms with Crippen LogP contribution in [0.15, 0.2) is 0 Å². The van der Waals surface area contributed by atoms with E-state index in [0.29, 0.717) is 0 Å². The van der Waals surface area contributed by atoms with Gasteiger partial charge in [0.15, 0.2) is 0 Å². The predicted octanol–water partition coefficient (Wildman–Crippen LogP) is 0.583. The van der Waals surface area contributed by atoms with E-state index in [9.17, 15) is 9.59 Å². The largest absolute Gasteiger partial charge is 0.481 e. The van der Waals surface area contributed by atoms with E-state index in [0.717, 1.165) is 25.9 Å². The smallest absolute Gasteiger partial charge is 0.307 e. The molecule has 1 fully saturated rings.